The molecule has 0 aromatic carbocycles. The SMILES string of the molecule is O=C(O)C1(CC(F)(F)F)CCCNC1. The molecule has 1 unspecified atom stereocenters. The van der Waals surface area contributed by atoms with Crippen molar-refractivity contribution in [1.82, 2.24) is 5.32 Å². The molecule has 0 aliphatic carbocycles. The first-order chi connectivity index (χ1) is 6.36. The zero-order valence-corrected chi connectivity index (χ0v) is 7.52. The fraction of sp³-hybridized carbons (Fsp3) is 0.875. The minimum absolute atomic E-state index is 0.0921. The predicted octanol–water partition coefficient (Wildman–Crippen LogP) is 1.39. The van der Waals surface area contributed by atoms with Crippen molar-refractivity contribution in [3.8, 4) is 0 Å². The van der Waals surface area contributed by atoms with Crippen LogP contribution >= 0.6 is 0 Å². The lowest BCUT2D eigenvalue weighted by Crippen LogP contribution is -2.47. The number of aliphatic carboxylic acids is 1. The second kappa shape index (κ2) is 3.76. The molecule has 0 spiro atoms. The molecule has 0 radical (unpaired) electrons. The molecule has 1 saturated heterocycles. The Morgan fingerprint density at radius 2 is 2.14 bits per heavy atom. The fourth-order valence-electron chi connectivity index (χ4n) is 1.76. The maximum atomic E-state index is 12.2. The third-order valence-corrected chi connectivity index (χ3v) is 2.46. The molecule has 2 N–H and O–H groups in total. The summed E-state index contributed by atoms with van der Waals surface area (Å²) < 4.78 is 36.5. The smallest absolute Gasteiger partial charge is 0.390 e. The number of alkyl halides is 3. The molecule has 14 heavy (non-hydrogen) atoms. The Balaban J connectivity index is 2.76. The average molecular weight is 211 g/mol. The summed E-state index contributed by atoms with van der Waals surface area (Å²) in [5.41, 5.74) is -1.66. The molecule has 82 valence electrons. The number of carboxylic acid groups (broad SMARTS) is 1. The third-order valence-electron chi connectivity index (χ3n) is 2.46. The molecule has 6 heteroatoms. The summed E-state index contributed by atoms with van der Waals surface area (Å²) in [5.74, 6) is -1.36. The summed E-state index contributed by atoms with van der Waals surface area (Å²) in [6.07, 6.45) is -5.10. The molecule has 3 nitrogen and oxygen atoms in total. The van der Waals surface area contributed by atoms with Gasteiger partial charge in [0.25, 0.3) is 0 Å². The second-order valence-corrected chi connectivity index (χ2v) is 3.66. The van der Waals surface area contributed by atoms with Crippen molar-refractivity contribution in [2.24, 2.45) is 5.41 Å². The molecule has 1 atom stereocenters. The van der Waals surface area contributed by atoms with E-state index in [-0.39, 0.29) is 13.0 Å². The molecule has 0 aromatic rings. The molecular weight excluding hydrogens is 199 g/mol. The van der Waals surface area contributed by atoms with Gasteiger partial charge in [-0.3, -0.25) is 4.79 Å². The van der Waals surface area contributed by atoms with Crippen LogP contribution in [-0.2, 0) is 4.79 Å². The number of hydrogen-bond donors (Lipinski definition) is 2. The summed E-state index contributed by atoms with van der Waals surface area (Å²) in [6, 6.07) is 0. The van der Waals surface area contributed by atoms with E-state index in [4.69, 9.17) is 5.11 Å². The Morgan fingerprint density at radius 3 is 2.50 bits per heavy atom. The number of piperidine rings is 1. The van der Waals surface area contributed by atoms with E-state index >= 15 is 0 Å². The highest BCUT2D eigenvalue weighted by molar-refractivity contribution is 5.75. The van der Waals surface area contributed by atoms with Gasteiger partial charge in [-0.2, -0.15) is 13.2 Å². The van der Waals surface area contributed by atoms with Gasteiger partial charge in [0.05, 0.1) is 11.8 Å². The van der Waals surface area contributed by atoms with Crippen LogP contribution in [0.25, 0.3) is 0 Å². The average Bonchev–Trinajstić information content (AvgIpc) is 2.02. The van der Waals surface area contributed by atoms with Crippen molar-refractivity contribution >= 4 is 5.97 Å². The van der Waals surface area contributed by atoms with Crippen LogP contribution in [0.3, 0.4) is 0 Å². The van der Waals surface area contributed by atoms with Crippen LogP contribution in [0.1, 0.15) is 19.3 Å². The molecule has 0 amide bonds. The van der Waals surface area contributed by atoms with Gasteiger partial charge in [0.2, 0.25) is 0 Å². The van der Waals surface area contributed by atoms with Gasteiger partial charge in [-0.15, -0.1) is 0 Å². The molecular formula is C8H12F3NO2. The molecule has 0 bridgehead atoms. The van der Waals surface area contributed by atoms with Crippen LogP contribution < -0.4 is 5.32 Å². The molecule has 1 aliphatic heterocycles. The Labute approximate surface area is 79.3 Å². The second-order valence-electron chi connectivity index (χ2n) is 3.66. The summed E-state index contributed by atoms with van der Waals surface area (Å²) >= 11 is 0. The minimum atomic E-state index is -4.42. The van der Waals surface area contributed by atoms with Gasteiger partial charge >= 0.3 is 12.1 Å². The number of hydrogen-bond acceptors (Lipinski definition) is 2. The van der Waals surface area contributed by atoms with E-state index < -0.39 is 24.0 Å². The van der Waals surface area contributed by atoms with Crippen LogP contribution in [-0.4, -0.2) is 30.3 Å². The number of rotatable bonds is 2. The van der Waals surface area contributed by atoms with Crippen LogP contribution in [0.15, 0.2) is 0 Å². The van der Waals surface area contributed by atoms with Crippen LogP contribution in [0, 0.1) is 5.41 Å². The van der Waals surface area contributed by atoms with Crippen molar-refractivity contribution in [3.63, 3.8) is 0 Å². The van der Waals surface area contributed by atoms with Gasteiger partial charge in [0.15, 0.2) is 0 Å². The summed E-state index contributed by atoms with van der Waals surface area (Å²) in [5, 5.41) is 11.5. The standard InChI is InChI=1S/C8H12F3NO2/c9-8(10,11)4-7(6(13)14)2-1-3-12-5-7/h12H,1-5H2,(H,13,14). The van der Waals surface area contributed by atoms with E-state index in [9.17, 15) is 18.0 Å². The van der Waals surface area contributed by atoms with E-state index in [0.29, 0.717) is 13.0 Å². The summed E-state index contributed by atoms with van der Waals surface area (Å²) in [4.78, 5) is 10.8. The highest BCUT2D eigenvalue weighted by Crippen LogP contribution is 2.38. The molecule has 0 aromatic heterocycles. The molecule has 1 heterocycles. The van der Waals surface area contributed by atoms with E-state index in [2.05, 4.69) is 5.32 Å². The third kappa shape index (κ3) is 2.60. The number of halogens is 3. The number of carboxylic acids is 1. The van der Waals surface area contributed by atoms with Crippen molar-refractivity contribution < 1.29 is 23.1 Å². The lowest BCUT2D eigenvalue weighted by atomic mass is 9.77. The van der Waals surface area contributed by atoms with Crippen molar-refractivity contribution in [2.75, 3.05) is 13.1 Å². The Bertz CT molecular complexity index is 221. The quantitative estimate of drug-likeness (QED) is 0.725. The number of nitrogens with one attached hydrogen (secondary N) is 1. The van der Waals surface area contributed by atoms with Crippen LogP contribution in [0.5, 0.6) is 0 Å². The molecule has 1 fully saturated rings. The van der Waals surface area contributed by atoms with E-state index in [1.165, 1.54) is 0 Å². The molecule has 1 aliphatic rings. The van der Waals surface area contributed by atoms with Gasteiger partial charge in [-0.05, 0) is 19.4 Å². The van der Waals surface area contributed by atoms with Gasteiger partial charge in [0.1, 0.15) is 0 Å². The maximum absolute atomic E-state index is 12.2. The van der Waals surface area contributed by atoms with Crippen LogP contribution in [0.2, 0.25) is 0 Å². The zero-order chi connectivity index (χ0) is 10.8. The van der Waals surface area contributed by atoms with Crippen LogP contribution in [0.4, 0.5) is 13.2 Å². The predicted molar refractivity (Wildman–Crippen MR) is 42.8 cm³/mol. The van der Waals surface area contributed by atoms with E-state index in [1.54, 1.807) is 0 Å². The normalized spacial score (nSPS) is 28.8. The van der Waals surface area contributed by atoms with E-state index in [0.717, 1.165) is 0 Å². The van der Waals surface area contributed by atoms with Gasteiger partial charge in [-0.1, -0.05) is 0 Å². The van der Waals surface area contributed by atoms with Gasteiger partial charge in [-0.25, -0.2) is 0 Å². The highest BCUT2D eigenvalue weighted by Gasteiger charge is 2.48. The first kappa shape index (κ1) is 11.3. The van der Waals surface area contributed by atoms with E-state index in [1.807, 2.05) is 0 Å². The number of carbonyl (C=O) groups is 1. The zero-order valence-electron chi connectivity index (χ0n) is 7.52. The molecule has 1 rings (SSSR count). The Kier molecular flexibility index (Phi) is 3.04. The Morgan fingerprint density at radius 1 is 1.50 bits per heavy atom. The van der Waals surface area contributed by atoms with Gasteiger partial charge < -0.3 is 10.4 Å². The Hall–Kier alpha value is -0.780. The lowest BCUT2D eigenvalue weighted by Gasteiger charge is -2.34. The largest absolute Gasteiger partial charge is 0.481 e. The van der Waals surface area contributed by atoms with Gasteiger partial charge in [0, 0.05) is 6.54 Å². The summed E-state index contributed by atoms with van der Waals surface area (Å²) in [7, 11) is 0. The van der Waals surface area contributed by atoms with Crippen molar-refractivity contribution in [1.29, 1.82) is 0 Å². The monoisotopic (exact) mass is 211 g/mol. The maximum Gasteiger partial charge on any atom is 0.390 e. The highest BCUT2D eigenvalue weighted by atomic mass is 19.4. The van der Waals surface area contributed by atoms with Crippen molar-refractivity contribution in [2.45, 2.75) is 25.4 Å². The topological polar surface area (TPSA) is 49.3 Å². The first-order valence-electron chi connectivity index (χ1n) is 4.37. The fourth-order valence-corrected chi connectivity index (χ4v) is 1.76. The molecule has 0 saturated carbocycles. The lowest BCUT2D eigenvalue weighted by molar-refractivity contribution is -0.180. The summed E-state index contributed by atoms with van der Waals surface area (Å²) in [6.45, 7) is 0.495. The van der Waals surface area contributed by atoms with Crippen molar-refractivity contribution in [3.05, 3.63) is 0 Å². The minimum Gasteiger partial charge on any atom is -0.481 e. The first-order valence-corrected chi connectivity index (χ1v) is 4.37.